The van der Waals surface area contributed by atoms with E-state index in [4.69, 9.17) is 0 Å². The minimum atomic E-state index is -0.734. The SMILES string of the molecule is Cc1cccnc1NCCC(C)S(C)=O. The lowest BCUT2D eigenvalue weighted by atomic mass is 10.3. The van der Waals surface area contributed by atoms with Crippen LogP contribution in [0.3, 0.4) is 0 Å². The van der Waals surface area contributed by atoms with Gasteiger partial charge in [-0.3, -0.25) is 4.21 Å². The molecule has 1 aromatic heterocycles. The van der Waals surface area contributed by atoms with Crippen LogP contribution < -0.4 is 5.32 Å². The number of aryl methyl sites for hydroxylation is 1. The topological polar surface area (TPSA) is 42.0 Å². The summed E-state index contributed by atoms with van der Waals surface area (Å²) in [4.78, 5) is 4.23. The number of nitrogens with zero attached hydrogens (tertiary/aromatic N) is 1. The average Bonchev–Trinajstić information content (AvgIpc) is 2.20. The fourth-order valence-corrected chi connectivity index (χ4v) is 1.68. The molecule has 0 fully saturated rings. The Labute approximate surface area is 93.8 Å². The van der Waals surface area contributed by atoms with E-state index in [-0.39, 0.29) is 5.25 Å². The molecule has 0 bridgehead atoms. The Morgan fingerprint density at radius 1 is 1.60 bits per heavy atom. The molecule has 1 heterocycles. The average molecular weight is 226 g/mol. The van der Waals surface area contributed by atoms with Crippen LogP contribution in [0.4, 0.5) is 5.82 Å². The quantitative estimate of drug-likeness (QED) is 0.834. The third kappa shape index (κ3) is 4.00. The van der Waals surface area contributed by atoms with Crippen LogP contribution in [0.15, 0.2) is 18.3 Å². The van der Waals surface area contributed by atoms with Crippen LogP contribution in [0, 0.1) is 6.92 Å². The Balaban J connectivity index is 2.38. The highest BCUT2D eigenvalue weighted by molar-refractivity contribution is 7.84. The van der Waals surface area contributed by atoms with E-state index >= 15 is 0 Å². The zero-order valence-corrected chi connectivity index (χ0v) is 10.3. The summed E-state index contributed by atoms with van der Waals surface area (Å²) in [5, 5.41) is 3.49. The Morgan fingerprint density at radius 2 is 2.33 bits per heavy atom. The molecular weight excluding hydrogens is 208 g/mol. The van der Waals surface area contributed by atoms with Crippen molar-refractivity contribution in [2.45, 2.75) is 25.5 Å². The summed E-state index contributed by atoms with van der Waals surface area (Å²) < 4.78 is 11.1. The maximum absolute atomic E-state index is 11.1. The molecule has 0 radical (unpaired) electrons. The van der Waals surface area contributed by atoms with Crippen molar-refractivity contribution in [3.63, 3.8) is 0 Å². The van der Waals surface area contributed by atoms with Gasteiger partial charge in [0.2, 0.25) is 0 Å². The van der Waals surface area contributed by atoms with Gasteiger partial charge in [-0.15, -0.1) is 0 Å². The van der Waals surface area contributed by atoms with Crippen molar-refractivity contribution < 1.29 is 4.21 Å². The lowest BCUT2D eigenvalue weighted by Crippen LogP contribution is -2.15. The number of anilines is 1. The number of pyridine rings is 1. The van der Waals surface area contributed by atoms with Gasteiger partial charge in [0.1, 0.15) is 5.82 Å². The smallest absolute Gasteiger partial charge is 0.128 e. The van der Waals surface area contributed by atoms with E-state index in [1.54, 1.807) is 12.5 Å². The van der Waals surface area contributed by atoms with Gasteiger partial charge in [-0.05, 0) is 25.0 Å². The fraction of sp³-hybridized carbons (Fsp3) is 0.545. The van der Waals surface area contributed by atoms with Crippen LogP contribution in [0.1, 0.15) is 18.9 Å². The molecule has 15 heavy (non-hydrogen) atoms. The van der Waals surface area contributed by atoms with Gasteiger partial charge >= 0.3 is 0 Å². The molecule has 0 aromatic carbocycles. The van der Waals surface area contributed by atoms with Gasteiger partial charge in [0.15, 0.2) is 0 Å². The van der Waals surface area contributed by atoms with Crippen molar-refractivity contribution >= 4 is 16.6 Å². The molecule has 1 aromatic rings. The van der Waals surface area contributed by atoms with Crippen LogP contribution in [-0.4, -0.2) is 27.2 Å². The molecule has 2 atom stereocenters. The maximum atomic E-state index is 11.1. The van der Waals surface area contributed by atoms with Crippen molar-refractivity contribution in [1.29, 1.82) is 0 Å². The van der Waals surface area contributed by atoms with E-state index in [1.807, 2.05) is 26.0 Å². The summed E-state index contributed by atoms with van der Waals surface area (Å²) in [6, 6.07) is 3.95. The van der Waals surface area contributed by atoms with Gasteiger partial charge in [-0.1, -0.05) is 13.0 Å². The number of nitrogens with one attached hydrogen (secondary N) is 1. The molecule has 0 saturated carbocycles. The summed E-state index contributed by atoms with van der Waals surface area (Å²) in [6.07, 6.45) is 4.42. The summed E-state index contributed by atoms with van der Waals surface area (Å²) in [5.41, 5.74) is 1.14. The van der Waals surface area contributed by atoms with Crippen LogP contribution in [0.25, 0.3) is 0 Å². The number of hydrogen-bond donors (Lipinski definition) is 1. The monoisotopic (exact) mass is 226 g/mol. The molecule has 1 rings (SSSR count). The summed E-state index contributed by atoms with van der Waals surface area (Å²) in [6.45, 7) is 4.85. The Bertz CT molecular complexity index is 341. The Kier molecular flexibility index (Phi) is 4.75. The minimum Gasteiger partial charge on any atom is -0.370 e. The highest BCUT2D eigenvalue weighted by Crippen LogP contribution is 2.09. The number of aromatic nitrogens is 1. The normalized spacial score (nSPS) is 14.6. The largest absolute Gasteiger partial charge is 0.370 e. The second-order valence-electron chi connectivity index (χ2n) is 3.69. The highest BCUT2D eigenvalue weighted by Gasteiger charge is 2.05. The van der Waals surface area contributed by atoms with E-state index in [0.29, 0.717) is 0 Å². The third-order valence-corrected chi connectivity index (χ3v) is 3.79. The Morgan fingerprint density at radius 3 is 2.93 bits per heavy atom. The first-order chi connectivity index (χ1) is 7.11. The first kappa shape index (κ1) is 12.2. The lowest BCUT2D eigenvalue weighted by Gasteiger charge is -2.10. The molecular formula is C11H18N2OS. The zero-order chi connectivity index (χ0) is 11.3. The molecule has 84 valence electrons. The summed E-state index contributed by atoms with van der Waals surface area (Å²) in [7, 11) is -0.734. The van der Waals surface area contributed by atoms with Gasteiger partial charge in [0.05, 0.1) is 0 Å². The Hall–Kier alpha value is -0.900. The molecule has 0 spiro atoms. The van der Waals surface area contributed by atoms with Crippen LogP contribution in [0.2, 0.25) is 0 Å². The van der Waals surface area contributed by atoms with Crippen molar-refractivity contribution in [3.8, 4) is 0 Å². The molecule has 0 aliphatic heterocycles. The van der Waals surface area contributed by atoms with E-state index in [0.717, 1.165) is 24.3 Å². The van der Waals surface area contributed by atoms with E-state index in [2.05, 4.69) is 10.3 Å². The van der Waals surface area contributed by atoms with E-state index in [9.17, 15) is 4.21 Å². The molecule has 0 saturated heterocycles. The number of rotatable bonds is 5. The van der Waals surface area contributed by atoms with Gasteiger partial charge < -0.3 is 5.32 Å². The van der Waals surface area contributed by atoms with Gasteiger partial charge in [0.25, 0.3) is 0 Å². The second kappa shape index (κ2) is 5.85. The van der Waals surface area contributed by atoms with Gasteiger partial charge in [0, 0.05) is 35.0 Å². The van der Waals surface area contributed by atoms with Crippen molar-refractivity contribution in [2.24, 2.45) is 0 Å². The summed E-state index contributed by atoms with van der Waals surface area (Å²) in [5.74, 6) is 0.923. The van der Waals surface area contributed by atoms with E-state index < -0.39 is 10.8 Å². The zero-order valence-electron chi connectivity index (χ0n) is 9.49. The van der Waals surface area contributed by atoms with Crippen molar-refractivity contribution in [1.82, 2.24) is 4.98 Å². The molecule has 0 amide bonds. The van der Waals surface area contributed by atoms with Crippen LogP contribution >= 0.6 is 0 Å². The lowest BCUT2D eigenvalue weighted by molar-refractivity contribution is 0.672. The predicted molar refractivity (Wildman–Crippen MR) is 65.6 cm³/mol. The standard InChI is InChI=1S/C11H18N2OS/c1-9-5-4-7-12-11(9)13-8-6-10(2)15(3)14/h4-5,7,10H,6,8H2,1-3H3,(H,12,13). The van der Waals surface area contributed by atoms with Crippen LogP contribution in [-0.2, 0) is 10.8 Å². The third-order valence-electron chi connectivity index (χ3n) is 2.42. The number of hydrogen-bond acceptors (Lipinski definition) is 3. The minimum absolute atomic E-state index is 0.238. The maximum Gasteiger partial charge on any atom is 0.128 e. The molecule has 1 N–H and O–H groups in total. The van der Waals surface area contributed by atoms with E-state index in [1.165, 1.54) is 0 Å². The predicted octanol–water partition coefficient (Wildman–Crippen LogP) is 1.96. The van der Waals surface area contributed by atoms with Crippen molar-refractivity contribution in [3.05, 3.63) is 23.9 Å². The second-order valence-corrected chi connectivity index (χ2v) is 5.50. The van der Waals surface area contributed by atoms with Crippen molar-refractivity contribution in [2.75, 3.05) is 18.1 Å². The van der Waals surface area contributed by atoms with Gasteiger partial charge in [-0.2, -0.15) is 0 Å². The molecule has 4 heteroatoms. The fourth-order valence-electron chi connectivity index (χ4n) is 1.23. The first-order valence-electron chi connectivity index (χ1n) is 5.09. The molecule has 2 unspecified atom stereocenters. The molecule has 3 nitrogen and oxygen atoms in total. The van der Waals surface area contributed by atoms with Crippen LogP contribution in [0.5, 0.6) is 0 Å². The summed E-state index contributed by atoms with van der Waals surface area (Å²) >= 11 is 0. The molecule has 0 aliphatic carbocycles. The van der Waals surface area contributed by atoms with Gasteiger partial charge in [-0.25, -0.2) is 4.98 Å². The first-order valence-corrected chi connectivity index (χ1v) is 6.71. The molecule has 0 aliphatic rings. The highest BCUT2D eigenvalue weighted by atomic mass is 32.2.